The monoisotopic (exact) mass is 1540 g/mol. The van der Waals surface area contributed by atoms with Crippen LogP contribution in [-0.2, 0) is 16.0 Å². The number of phenols is 1. The second-order valence-corrected chi connectivity index (χ2v) is 21.0. The van der Waals surface area contributed by atoms with Crippen LogP contribution in [0.25, 0.3) is 0 Å². The topological polar surface area (TPSA) is 132 Å². The molecule has 0 amide bonds. The Bertz CT molecular complexity index is 1730. The molecule has 0 radical (unpaired) electrons. The van der Waals surface area contributed by atoms with E-state index >= 15 is 0 Å². The van der Waals surface area contributed by atoms with E-state index in [1.807, 2.05) is 92.6 Å². The molecule has 3 atom stereocenters. The number of ether oxygens (including phenoxy) is 3. The number of alkyl halides is 2. The van der Waals surface area contributed by atoms with Gasteiger partial charge in [-0.05, 0) is 191 Å². The average Bonchev–Trinajstić information content (AvgIpc) is 3.01. The SMILES string of the molecule is N[C@@H](Cc1cc(I)c(Oc2cc(I)c(O)c(I)c2)c(I)c1)C(=O)Oc1ccc(Oc2ccc(C(I)[C@@](I)(C(=O)O)N(I)I)cc2)cc1. The molecule has 248 valence electrons. The molecular formula is C30H20I8N2O7. The summed E-state index contributed by atoms with van der Waals surface area (Å²) in [7, 11) is 0. The van der Waals surface area contributed by atoms with Crippen LogP contribution >= 0.6 is 181 Å². The molecule has 9 nitrogen and oxygen atoms in total. The average molecular weight is 1540 g/mol. The maximum atomic E-state index is 12.8. The smallest absolute Gasteiger partial charge is 0.337 e. The zero-order valence-corrected chi connectivity index (χ0v) is 40.5. The van der Waals surface area contributed by atoms with Crippen LogP contribution in [0.1, 0.15) is 15.1 Å². The number of rotatable bonds is 12. The van der Waals surface area contributed by atoms with Crippen molar-refractivity contribution in [3.05, 3.63) is 98.2 Å². The van der Waals surface area contributed by atoms with Crippen molar-refractivity contribution >= 4 is 193 Å². The second-order valence-electron chi connectivity index (χ2n) is 9.67. The number of halogens is 8. The van der Waals surface area contributed by atoms with Crippen molar-refractivity contribution < 1.29 is 34.0 Å². The first-order chi connectivity index (χ1) is 22.1. The molecule has 0 saturated heterocycles. The first kappa shape index (κ1) is 40.7. The van der Waals surface area contributed by atoms with Gasteiger partial charge in [-0.25, -0.2) is 9.59 Å². The van der Waals surface area contributed by atoms with E-state index in [0.29, 0.717) is 35.9 Å². The van der Waals surface area contributed by atoms with E-state index < -0.39 is 21.5 Å². The fourth-order valence-corrected chi connectivity index (χ4v) is 11.2. The number of benzene rings is 4. The molecule has 4 N–H and O–H groups in total. The number of carbonyl (C=O) groups excluding carboxylic acids is 1. The minimum atomic E-state index is -1.14. The van der Waals surface area contributed by atoms with Crippen LogP contribution in [0.4, 0.5) is 0 Å². The van der Waals surface area contributed by atoms with Gasteiger partial charge in [0.15, 0.2) is 5.75 Å². The largest absolute Gasteiger partial charge is 0.506 e. The molecule has 0 spiro atoms. The van der Waals surface area contributed by atoms with Gasteiger partial charge in [-0.15, -0.1) is 0 Å². The minimum absolute atomic E-state index is 0.226. The van der Waals surface area contributed by atoms with Crippen LogP contribution in [0.2, 0.25) is 0 Å². The zero-order valence-electron chi connectivity index (χ0n) is 23.3. The van der Waals surface area contributed by atoms with Crippen molar-refractivity contribution in [2.75, 3.05) is 0 Å². The highest BCUT2D eigenvalue weighted by atomic mass is 127. The molecule has 0 aliphatic heterocycles. The second kappa shape index (κ2) is 18.1. The highest BCUT2D eigenvalue weighted by molar-refractivity contribution is 14.2. The number of nitrogens with zero attached hydrogens (tertiary/aromatic N) is 1. The van der Waals surface area contributed by atoms with Gasteiger partial charge in [0.1, 0.15) is 34.8 Å². The fraction of sp³-hybridized carbons (Fsp3) is 0.133. The molecule has 4 aromatic carbocycles. The number of phenolic OH excluding ortho intramolecular Hbond substituents is 1. The maximum absolute atomic E-state index is 12.8. The van der Waals surface area contributed by atoms with Crippen LogP contribution < -0.4 is 19.9 Å². The van der Waals surface area contributed by atoms with Gasteiger partial charge in [-0.2, -0.15) is 1.33 Å². The van der Waals surface area contributed by atoms with E-state index in [9.17, 15) is 19.8 Å². The first-order valence-electron chi connectivity index (χ1n) is 13.0. The van der Waals surface area contributed by atoms with Crippen LogP contribution in [0.5, 0.6) is 34.5 Å². The Kier molecular flexibility index (Phi) is 15.7. The number of carboxylic acid groups (broad SMARTS) is 1. The molecule has 1 unspecified atom stereocenters. The Hall–Kier alpha value is 0.980. The molecule has 0 heterocycles. The predicted molar refractivity (Wildman–Crippen MR) is 247 cm³/mol. The zero-order chi connectivity index (χ0) is 34.6. The molecule has 0 fully saturated rings. The van der Waals surface area contributed by atoms with Crippen molar-refractivity contribution in [2.45, 2.75) is 19.9 Å². The Morgan fingerprint density at radius 3 is 1.77 bits per heavy atom. The normalized spacial score (nSPS) is 13.8. The molecule has 0 aliphatic rings. The molecule has 4 rings (SSSR count). The predicted octanol–water partition coefficient (Wildman–Crippen LogP) is 10.6. The Morgan fingerprint density at radius 2 is 1.28 bits per heavy atom. The summed E-state index contributed by atoms with van der Waals surface area (Å²) in [4.78, 5) is 24.8. The summed E-state index contributed by atoms with van der Waals surface area (Å²) in [6.45, 7) is 0. The van der Waals surface area contributed by atoms with E-state index in [4.69, 9.17) is 19.9 Å². The molecule has 0 aromatic heterocycles. The summed E-state index contributed by atoms with van der Waals surface area (Å²) < 4.78 is 20.9. The molecule has 0 aliphatic carbocycles. The summed E-state index contributed by atoms with van der Waals surface area (Å²) >= 11 is 16.6. The van der Waals surface area contributed by atoms with Crippen molar-refractivity contribution in [1.29, 1.82) is 0 Å². The van der Waals surface area contributed by atoms with Gasteiger partial charge in [0, 0.05) is 45.7 Å². The van der Waals surface area contributed by atoms with Crippen LogP contribution in [0.15, 0.2) is 72.8 Å². The van der Waals surface area contributed by atoms with Crippen molar-refractivity contribution in [2.24, 2.45) is 5.73 Å². The number of esters is 1. The Balaban J connectivity index is 1.34. The third kappa shape index (κ3) is 10.5. The van der Waals surface area contributed by atoms with Crippen LogP contribution in [0, 0.1) is 14.3 Å². The number of carboxylic acids is 1. The van der Waals surface area contributed by atoms with Crippen molar-refractivity contribution in [3.8, 4) is 34.5 Å². The minimum Gasteiger partial charge on any atom is -0.506 e. The number of hydrogen-bond acceptors (Lipinski definition) is 8. The van der Waals surface area contributed by atoms with E-state index in [1.54, 1.807) is 49.9 Å². The maximum Gasteiger partial charge on any atom is 0.337 e. The molecule has 0 bridgehead atoms. The summed E-state index contributed by atoms with van der Waals surface area (Å²) in [6, 6.07) is 20.4. The van der Waals surface area contributed by atoms with Gasteiger partial charge in [-0.3, -0.25) is 0 Å². The van der Waals surface area contributed by atoms with Crippen LogP contribution in [0.3, 0.4) is 0 Å². The number of carbonyl (C=O) groups is 2. The summed E-state index contributed by atoms with van der Waals surface area (Å²) in [5, 5.41) is 19.9. The number of aliphatic carboxylic acids is 1. The number of aromatic hydroxyl groups is 1. The van der Waals surface area contributed by atoms with Gasteiger partial charge >= 0.3 is 11.9 Å². The Labute approximate surface area is 380 Å². The molecule has 0 saturated carbocycles. The van der Waals surface area contributed by atoms with E-state index in [0.717, 1.165) is 18.3 Å². The number of hydrogen-bond donors (Lipinski definition) is 3. The summed E-state index contributed by atoms with van der Waals surface area (Å²) in [5.41, 5.74) is 7.94. The first-order valence-corrected chi connectivity index (χ1v) is 21.5. The molecule has 4 aromatic rings. The van der Waals surface area contributed by atoms with Gasteiger partial charge in [0.2, 0.25) is 3.55 Å². The standard InChI is InChI=1S/C30H20I8N2O7/c31-20-12-19(13-21(32)25(20)41)46-26-22(33)9-14(10-23(26)34)11-24(39)28(42)47-18-7-5-17(6-8-18)45-16-3-1-15(2-4-16)27(35)30(36,29(43)44)40(37)38/h1-10,12-13,24,27,41H,11,39H2,(H,43,44)/t24-,27?,30-/m0/s1. The van der Waals surface area contributed by atoms with Gasteiger partial charge in [0.25, 0.3) is 0 Å². The summed E-state index contributed by atoms with van der Waals surface area (Å²) in [5.74, 6) is 1.48. The highest BCUT2D eigenvalue weighted by Crippen LogP contribution is 2.48. The number of nitrogens with two attached hydrogens (primary N) is 1. The summed E-state index contributed by atoms with van der Waals surface area (Å²) in [6.07, 6.45) is 0.272. The van der Waals surface area contributed by atoms with Crippen LogP contribution in [-0.4, -0.2) is 33.1 Å². The molecular weight excluding hydrogens is 1520 g/mol. The van der Waals surface area contributed by atoms with E-state index in [1.165, 1.54) is 0 Å². The van der Waals surface area contributed by atoms with E-state index in [2.05, 4.69) is 113 Å². The van der Waals surface area contributed by atoms with Crippen molar-refractivity contribution in [1.82, 2.24) is 1.33 Å². The molecule has 47 heavy (non-hydrogen) atoms. The van der Waals surface area contributed by atoms with Crippen molar-refractivity contribution in [3.63, 3.8) is 0 Å². The Morgan fingerprint density at radius 1 is 0.787 bits per heavy atom. The lowest BCUT2D eigenvalue weighted by atomic mass is 10.1. The third-order valence-corrected chi connectivity index (χ3v) is 17.4. The fourth-order valence-electron chi connectivity index (χ4n) is 3.98. The third-order valence-electron chi connectivity index (χ3n) is 6.36. The lowest BCUT2D eigenvalue weighted by Crippen LogP contribution is -2.43. The highest BCUT2D eigenvalue weighted by Gasteiger charge is 2.47. The lowest BCUT2D eigenvalue weighted by Gasteiger charge is -2.31. The quantitative estimate of drug-likeness (QED) is 0.0317. The van der Waals surface area contributed by atoms with Gasteiger partial charge < -0.3 is 30.2 Å². The molecule has 17 heteroatoms. The van der Waals surface area contributed by atoms with E-state index in [-0.39, 0.29) is 16.1 Å². The van der Waals surface area contributed by atoms with Gasteiger partial charge in [0.05, 0.1) is 18.2 Å². The lowest BCUT2D eigenvalue weighted by molar-refractivity contribution is -0.140. The van der Waals surface area contributed by atoms with Gasteiger partial charge in [-0.1, -0.05) is 34.7 Å².